The van der Waals surface area contributed by atoms with E-state index in [0.29, 0.717) is 11.6 Å². The number of fused-ring (bicyclic) bond motifs is 2. The van der Waals surface area contributed by atoms with Gasteiger partial charge in [0.05, 0.1) is 18.8 Å². The van der Waals surface area contributed by atoms with Gasteiger partial charge >= 0.3 is 0 Å². The molecule has 3 aliphatic rings. The van der Waals surface area contributed by atoms with Crippen molar-refractivity contribution >= 4 is 5.91 Å². The molecule has 0 spiro atoms. The van der Waals surface area contributed by atoms with Crippen LogP contribution in [0, 0.1) is 5.92 Å². The Morgan fingerprint density at radius 2 is 2.18 bits per heavy atom. The summed E-state index contributed by atoms with van der Waals surface area (Å²) in [5.41, 5.74) is 0.698. The summed E-state index contributed by atoms with van der Waals surface area (Å²) in [4.78, 5) is 20.1. The highest BCUT2D eigenvalue weighted by molar-refractivity contribution is 5.93. The molecule has 2 aliphatic heterocycles. The van der Waals surface area contributed by atoms with Gasteiger partial charge in [0, 0.05) is 25.2 Å². The highest BCUT2D eigenvalue weighted by atomic mass is 16.5. The van der Waals surface area contributed by atoms with Gasteiger partial charge in [0.15, 0.2) is 0 Å². The molecular weight excluding hydrogens is 278 g/mol. The highest BCUT2D eigenvalue weighted by Gasteiger charge is 2.49. The van der Waals surface area contributed by atoms with Gasteiger partial charge in [-0.15, -0.1) is 0 Å². The Bertz CT molecular complexity index is 510. The summed E-state index contributed by atoms with van der Waals surface area (Å²) in [5.74, 6) is 0.660. The van der Waals surface area contributed by atoms with Crippen LogP contribution in [-0.2, 0) is 4.74 Å². The van der Waals surface area contributed by atoms with Crippen molar-refractivity contribution in [2.75, 3.05) is 32.8 Å². The topological polar surface area (TPSA) is 48.6 Å². The largest absolute Gasteiger partial charge is 0.374 e. The molecule has 120 valence electrons. The maximum atomic E-state index is 12.6. The fraction of sp³-hybridized carbons (Fsp3) is 0.706. The van der Waals surface area contributed by atoms with E-state index >= 15 is 0 Å². The zero-order valence-electron chi connectivity index (χ0n) is 13.0. The normalized spacial score (nSPS) is 31.3. The number of rotatable bonds is 5. The number of H-pyrrole nitrogens is 1. The number of hydrogen-bond donors (Lipinski definition) is 1. The summed E-state index contributed by atoms with van der Waals surface area (Å²) in [6, 6.07) is 4.02. The van der Waals surface area contributed by atoms with Crippen molar-refractivity contribution in [3.63, 3.8) is 0 Å². The highest BCUT2D eigenvalue weighted by Crippen LogP contribution is 2.40. The number of aromatic nitrogens is 1. The van der Waals surface area contributed by atoms with Crippen molar-refractivity contribution in [1.29, 1.82) is 0 Å². The molecule has 4 rings (SSSR count). The van der Waals surface area contributed by atoms with Crippen molar-refractivity contribution in [3.8, 4) is 0 Å². The molecule has 0 radical (unpaired) electrons. The molecule has 5 nitrogen and oxygen atoms in total. The lowest BCUT2D eigenvalue weighted by molar-refractivity contribution is 0.0177. The Morgan fingerprint density at radius 1 is 1.32 bits per heavy atom. The number of nitrogens with zero attached hydrogens (tertiary/aromatic N) is 2. The van der Waals surface area contributed by atoms with Gasteiger partial charge in [0.25, 0.3) is 5.91 Å². The minimum atomic E-state index is 0.130. The van der Waals surface area contributed by atoms with Crippen LogP contribution in [0.5, 0.6) is 0 Å². The minimum absolute atomic E-state index is 0.130. The van der Waals surface area contributed by atoms with E-state index in [4.69, 9.17) is 4.74 Å². The first-order chi connectivity index (χ1) is 10.8. The van der Waals surface area contributed by atoms with E-state index in [1.54, 1.807) is 0 Å². The monoisotopic (exact) mass is 303 g/mol. The van der Waals surface area contributed by atoms with E-state index in [0.717, 1.165) is 26.1 Å². The molecule has 1 aromatic rings. The summed E-state index contributed by atoms with van der Waals surface area (Å²) >= 11 is 0. The molecule has 2 bridgehead atoms. The number of carbonyl (C=O) groups excluding carboxylic acids is 1. The van der Waals surface area contributed by atoms with Crippen LogP contribution >= 0.6 is 0 Å². The molecule has 22 heavy (non-hydrogen) atoms. The molecule has 0 aromatic carbocycles. The lowest BCUT2D eigenvalue weighted by atomic mass is 10.1. The van der Waals surface area contributed by atoms with Crippen LogP contribution in [0.15, 0.2) is 18.3 Å². The van der Waals surface area contributed by atoms with Crippen molar-refractivity contribution in [2.45, 2.75) is 37.8 Å². The number of ether oxygens (including phenoxy) is 1. The van der Waals surface area contributed by atoms with Gasteiger partial charge in [-0.2, -0.15) is 0 Å². The second-order valence-corrected chi connectivity index (χ2v) is 6.83. The Hall–Kier alpha value is -1.33. The molecule has 1 saturated carbocycles. The van der Waals surface area contributed by atoms with Gasteiger partial charge in [0.2, 0.25) is 0 Å². The van der Waals surface area contributed by atoms with Crippen LogP contribution in [0.4, 0.5) is 0 Å². The van der Waals surface area contributed by atoms with Gasteiger partial charge in [0.1, 0.15) is 5.69 Å². The van der Waals surface area contributed by atoms with Crippen LogP contribution in [0.2, 0.25) is 0 Å². The summed E-state index contributed by atoms with van der Waals surface area (Å²) in [7, 11) is 0. The van der Waals surface area contributed by atoms with Crippen molar-refractivity contribution in [1.82, 2.24) is 14.8 Å². The summed E-state index contributed by atoms with van der Waals surface area (Å²) in [6.07, 6.45) is 7.01. The molecule has 3 atom stereocenters. The maximum absolute atomic E-state index is 12.6. The predicted octanol–water partition coefficient (Wildman–Crippen LogP) is 1.73. The number of aromatic amines is 1. The lowest BCUT2D eigenvalue weighted by Crippen LogP contribution is -2.40. The number of carbonyl (C=O) groups is 1. The number of piperidine rings is 1. The third-order valence-electron chi connectivity index (χ3n) is 5.51. The lowest BCUT2D eigenvalue weighted by Gasteiger charge is -2.27. The average Bonchev–Trinajstić information content (AvgIpc) is 3.32. The Labute approximate surface area is 131 Å². The molecule has 1 aliphatic carbocycles. The minimum Gasteiger partial charge on any atom is -0.374 e. The zero-order valence-corrected chi connectivity index (χ0v) is 13.0. The standard InChI is InChI=1S/C17H25N3O2/c21-17(14-4-3-7-18-14)20-12-13-5-6-15(20)16(13)22-11-10-19-8-1-2-9-19/h3-4,7,13,15-16,18H,1-2,5-6,8-12H2/t13-,15+,16-/m1/s1. The van der Waals surface area contributed by atoms with Gasteiger partial charge in [-0.25, -0.2) is 0 Å². The first-order valence-electron chi connectivity index (χ1n) is 8.61. The summed E-state index contributed by atoms with van der Waals surface area (Å²) < 4.78 is 6.20. The SMILES string of the molecule is O=C(c1ccc[nH]1)N1C[C@H]2CC[C@H]1[C@@H]2OCCN1CCCC1. The van der Waals surface area contributed by atoms with E-state index in [1.807, 2.05) is 23.2 Å². The number of amides is 1. The maximum Gasteiger partial charge on any atom is 0.270 e. The summed E-state index contributed by atoms with van der Waals surface area (Å²) in [6.45, 7) is 5.15. The molecule has 3 heterocycles. The van der Waals surface area contributed by atoms with E-state index in [1.165, 1.54) is 32.4 Å². The number of hydrogen-bond acceptors (Lipinski definition) is 3. The van der Waals surface area contributed by atoms with Crippen LogP contribution in [0.3, 0.4) is 0 Å². The molecule has 1 aromatic heterocycles. The van der Waals surface area contributed by atoms with Crippen molar-refractivity contribution in [3.05, 3.63) is 24.0 Å². The van der Waals surface area contributed by atoms with Crippen molar-refractivity contribution in [2.24, 2.45) is 5.92 Å². The van der Waals surface area contributed by atoms with Crippen LogP contribution in [-0.4, -0.2) is 65.6 Å². The summed E-state index contributed by atoms with van der Waals surface area (Å²) in [5, 5.41) is 0. The second kappa shape index (κ2) is 6.05. The van der Waals surface area contributed by atoms with Crippen LogP contribution in [0.25, 0.3) is 0 Å². The van der Waals surface area contributed by atoms with Gasteiger partial charge < -0.3 is 19.5 Å². The second-order valence-electron chi connectivity index (χ2n) is 6.83. The molecule has 5 heteroatoms. The average molecular weight is 303 g/mol. The van der Waals surface area contributed by atoms with Crippen LogP contribution < -0.4 is 0 Å². The fourth-order valence-electron chi connectivity index (χ4n) is 4.37. The quantitative estimate of drug-likeness (QED) is 0.901. The van der Waals surface area contributed by atoms with E-state index < -0.39 is 0 Å². The molecule has 3 fully saturated rings. The molecule has 1 N–H and O–H groups in total. The van der Waals surface area contributed by atoms with E-state index in [2.05, 4.69) is 9.88 Å². The van der Waals surface area contributed by atoms with Gasteiger partial charge in [-0.05, 0) is 50.9 Å². The Kier molecular flexibility index (Phi) is 3.92. The Balaban J connectivity index is 1.33. The molecule has 2 saturated heterocycles. The first-order valence-corrected chi connectivity index (χ1v) is 8.61. The van der Waals surface area contributed by atoms with Crippen molar-refractivity contribution < 1.29 is 9.53 Å². The van der Waals surface area contributed by atoms with E-state index in [-0.39, 0.29) is 18.1 Å². The Morgan fingerprint density at radius 3 is 2.95 bits per heavy atom. The van der Waals surface area contributed by atoms with E-state index in [9.17, 15) is 4.79 Å². The predicted molar refractivity (Wildman–Crippen MR) is 83.8 cm³/mol. The fourth-order valence-corrected chi connectivity index (χ4v) is 4.37. The van der Waals surface area contributed by atoms with Crippen LogP contribution in [0.1, 0.15) is 36.2 Å². The molecule has 1 amide bonds. The smallest absolute Gasteiger partial charge is 0.270 e. The molecule has 0 unspecified atom stereocenters. The van der Waals surface area contributed by atoms with Gasteiger partial charge in [-0.1, -0.05) is 0 Å². The first kappa shape index (κ1) is 14.3. The third-order valence-corrected chi connectivity index (χ3v) is 5.51. The van der Waals surface area contributed by atoms with Gasteiger partial charge in [-0.3, -0.25) is 4.79 Å². The number of nitrogens with one attached hydrogen (secondary N) is 1. The third kappa shape index (κ3) is 2.57. The number of likely N-dealkylation sites (tertiary alicyclic amines) is 2. The zero-order chi connectivity index (χ0) is 14.9. The molecular formula is C17H25N3O2.